The van der Waals surface area contributed by atoms with Crippen molar-refractivity contribution in [2.45, 2.75) is 32.8 Å². The molecule has 1 aromatic carbocycles. The summed E-state index contributed by atoms with van der Waals surface area (Å²) in [7, 11) is 0. The Morgan fingerprint density at radius 1 is 1.36 bits per heavy atom. The second-order valence-corrected chi connectivity index (χ2v) is 4.40. The van der Waals surface area contributed by atoms with Gasteiger partial charge in [-0.1, -0.05) is 44.0 Å². The molecule has 0 amide bonds. The number of rotatable bonds is 3. The zero-order valence-corrected chi connectivity index (χ0v) is 9.67. The Balaban J connectivity index is 2.97. The number of aliphatic hydroxyl groups is 1. The van der Waals surface area contributed by atoms with Gasteiger partial charge in [0.25, 0.3) is 0 Å². The van der Waals surface area contributed by atoms with Crippen LogP contribution in [0.1, 0.15) is 32.8 Å². The van der Waals surface area contributed by atoms with E-state index in [1.165, 1.54) is 0 Å². The summed E-state index contributed by atoms with van der Waals surface area (Å²) in [6.07, 6.45) is 0.954. The molecule has 0 aliphatic carbocycles. The van der Waals surface area contributed by atoms with Gasteiger partial charge in [-0.25, -0.2) is 0 Å². The van der Waals surface area contributed by atoms with E-state index in [-0.39, 0.29) is 5.92 Å². The van der Waals surface area contributed by atoms with Crippen LogP contribution in [0, 0.1) is 5.92 Å². The van der Waals surface area contributed by atoms with Crippen molar-refractivity contribution in [3.8, 4) is 0 Å². The summed E-state index contributed by atoms with van der Waals surface area (Å²) in [5, 5.41) is 11.0. The minimum Gasteiger partial charge on any atom is -0.385 e. The molecule has 1 nitrogen and oxygen atoms in total. The van der Waals surface area contributed by atoms with Gasteiger partial charge in [0.2, 0.25) is 0 Å². The molecule has 1 aromatic rings. The molecule has 0 spiro atoms. The Kier molecular flexibility index (Phi) is 3.57. The van der Waals surface area contributed by atoms with Crippen LogP contribution in [0.5, 0.6) is 0 Å². The predicted octanol–water partition coefficient (Wildman–Crippen LogP) is 3.59. The van der Waals surface area contributed by atoms with Crippen molar-refractivity contribution in [2.24, 2.45) is 5.92 Å². The van der Waals surface area contributed by atoms with Crippen LogP contribution in [0.4, 0.5) is 0 Å². The van der Waals surface area contributed by atoms with Gasteiger partial charge in [-0.05, 0) is 30.5 Å². The van der Waals surface area contributed by atoms with E-state index in [9.17, 15) is 5.11 Å². The monoisotopic (exact) mass is 212 g/mol. The zero-order valence-electron chi connectivity index (χ0n) is 8.92. The van der Waals surface area contributed by atoms with Gasteiger partial charge in [0.15, 0.2) is 0 Å². The fourth-order valence-corrected chi connectivity index (χ4v) is 1.60. The Morgan fingerprint density at radius 3 is 2.29 bits per heavy atom. The zero-order chi connectivity index (χ0) is 10.8. The highest BCUT2D eigenvalue weighted by Gasteiger charge is 2.28. The lowest BCUT2D eigenvalue weighted by molar-refractivity contribution is 0.0000250. The van der Waals surface area contributed by atoms with Crippen molar-refractivity contribution in [3.63, 3.8) is 0 Å². The summed E-state index contributed by atoms with van der Waals surface area (Å²) < 4.78 is 0. The second-order valence-electron chi connectivity index (χ2n) is 3.96. The van der Waals surface area contributed by atoms with Crippen LogP contribution in [0.15, 0.2) is 24.3 Å². The maximum absolute atomic E-state index is 10.3. The molecular formula is C12H17ClO. The molecule has 0 heterocycles. The Hall–Kier alpha value is -0.530. The molecule has 0 aromatic heterocycles. The molecule has 2 unspecified atom stereocenters. The van der Waals surface area contributed by atoms with Crippen LogP contribution in [0.2, 0.25) is 5.02 Å². The normalized spacial score (nSPS) is 17.5. The van der Waals surface area contributed by atoms with Crippen LogP contribution < -0.4 is 0 Å². The standard InChI is InChI=1S/C12H17ClO/c1-4-9(2)12(3,14)10-5-7-11(13)8-6-10/h5-9,14H,4H2,1-3H3. The molecule has 1 N–H and O–H groups in total. The van der Waals surface area contributed by atoms with Crippen LogP contribution in [-0.4, -0.2) is 5.11 Å². The molecule has 0 bridgehead atoms. The topological polar surface area (TPSA) is 20.2 Å². The minimum atomic E-state index is -0.765. The van der Waals surface area contributed by atoms with E-state index in [1.807, 2.05) is 31.2 Å². The van der Waals surface area contributed by atoms with E-state index in [0.717, 1.165) is 12.0 Å². The van der Waals surface area contributed by atoms with E-state index >= 15 is 0 Å². The smallest absolute Gasteiger partial charge is 0.0893 e. The van der Waals surface area contributed by atoms with Crippen LogP contribution >= 0.6 is 11.6 Å². The number of benzene rings is 1. The van der Waals surface area contributed by atoms with Crippen LogP contribution in [-0.2, 0) is 5.60 Å². The van der Waals surface area contributed by atoms with Crippen LogP contribution in [0.3, 0.4) is 0 Å². The highest BCUT2D eigenvalue weighted by atomic mass is 35.5. The molecule has 0 saturated carbocycles. The molecule has 0 aliphatic heterocycles. The predicted molar refractivity (Wildman–Crippen MR) is 60.5 cm³/mol. The van der Waals surface area contributed by atoms with Crippen molar-refractivity contribution < 1.29 is 5.11 Å². The second kappa shape index (κ2) is 4.33. The molecular weight excluding hydrogens is 196 g/mol. The molecule has 0 fully saturated rings. The SMILES string of the molecule is CCC(C)C(C)(O)c1ccc(Cl)cc1. The Labute approximate surface area is 90.7 Å². The molecule has 2 atom stereocenters. The highest BCUT2D eigenvalue weighted by molar-refractivity contribution is 6.30. The summed E-state index contributed by atoms with van der Waals surface area (Å²) in [6, 6.07) is 7.39. The quantitative estimate of drug-likeness (QED) is 0.812. The van der Waals surface area contributed by atoms with Gasteiger partial charge in [0.05, 0.1) is 5.60 Å². The van der Waals surface area contributed by atoms with Gasteiger partial charge in [-0.3, -0.25) is 0 Å². The Morgan fingerprint density at radius 2 is 1.86 bits per heavy atom. The molecule has 1 rings (SSSR count). The first-order chi connectivity index (χ1) is 6.48. The molecule has 2 heteroatoms. The summed E-state index contributed by atoms with van der Waals surface area (Å²) in [5.74, 6) is 0.240. The summed E-state index contributed by atoms with van der Waals surface area (Å²) in [4.78, 5) is 0. The first-order valence-electron chi connectivity index (χ1n) is 4.97. The average molecular weight is 213 g/mol. The van der Waals surface area contributed by atoms with Crippen molar-refractivity contribution in [1.29, 1.82) is 0 Å². The fourth-order valence-electron chi connectivity index (χ4n) is 1.47. The lowest BCUT2D eigenvalue weighted by Gasteiger charge is -2.30. The van der Waals surface area contributed by atoms with Crippen molar-refractivity contribution in [1.82, 2.24) is 0 Å². The fraction of sp³-hybridized carbons (Fsp3) is 0.500. The van der Waals surface area contributed by atoms with Gasteiger partial charge in [-0.15, -0.1) is 0 Å². The molecule has 14 heavy (non-hydrogen) atoms. The van der Waals surface area contributed by atoms with Gasteiger partial charge in [-0.2, -0.15) is 0 Å². The lowest BCUT2D eigenvalue weighted by atomic mass is 9.83. The molecule has 0 saturated heterocycles. The summed E-state index contributed by atoms with van der Waals surface area (Å²) in [6.45, 7) is 5.98. The Bertz CT molecular complexity index is 290. The van der Waals surface area contributed by atoms with Gasteiger partial charge >= 0.3 is 0 Å². The van der Waals surface area contributed by atoms with Gasteiger partial charge in [0, 0.05) is 5.02 Å². The summed E-state index contributed by atoms with van der Waals surface area (Å²) in [5.41, 5.74) is 0.163. The van der Waals surface area contributed by atoms with E-state index < -0.39 is 5.60 Å². The molecule has 0 radical (unpaired) electrons. The summed E-state index contributed by atoms with van der Waals surface area (Å²) >= 11 is 5.79. The first kappa shape index (κ1) is 11.5. The van der Waals surface area contributed by atoms with E-state index in [0.29, 0.717) is 5.02 Å². The molecule has 0 aliphatic rings. The van der Waals surface area contributed by atoms with Gasteiger partial charge in [0.1, 0.15) is 0 Å². The minimum absolute atomic E-state index is 0.240. The van der Waals surface area contributed by atoms with E-state index in [4.69, 9.17) is 11.6 Å². The van der Waals surface area contributed by atoms with Crippen molar-refractivity contribution in [2.75, 3.05) is 0 Å². The lowest BCUT2D eigenvalue weighted by Crippen LogP contribution is -2.29. The van der Waals surface area contributed by atoms with Gasteiger partial charge < -0.3 is 5.11 Å². The highest BCUT2D eigenvalue weighted by Crippen LogP contribution is 2.31. The number of hydrogen-bond acceptors (Lipinski definition) is 1. The third-order valence-corrected chi connectivity index (χ3v) is 3.25. The average Bonchev–Trinajstić information content (AvgIpc) is 2.17. The van der Waals surface area contributed by atoms with Crippen molar-refractivity contribution in [3.05, 3.63) is 34.9 Å². The third-order valence-electron chi connectivity index (χ3n) is 3.00. The molecule has 78 valence electrons. The number of hydrogen-bond donors (Lipinski definition) is 1. The van der Waals surface area contributed by atoms with Crippen LogP contribution in [0.25, 0.3) is 0 Å². The largest absolute Gasteiger partial charge is 0.385 e. The maximum atomic E-state index is 10.3. The van der Waals surface area contributed by atoms with Crippen molar-refractivity contribution >= 4 is 11.6 Å². The maximum Gasteiger partial charge on any atom is 0.0893 e. The number of halogens is 1. The first-order valence-corrected chi connectivity index (χ1v) is 5.34. The van der Waals surface area contributed by atoms with E-state index in [1.54, 1.807) is 0 Å². The third kappa shape index (κ3) is 2.28. The van der Waals surface area contributed by atoms with E-state index in [2.05, 4.69) is 13.8 Å².